The second kappa shape index (κ2) is 7.43. The second-order valence-corrected chi connectivity index (χ2v) is 7.62. The Morgan fingerprint density at radius 2 is 1.95 bits per heavy atom. The summed E-state index contributed by atoms with van der Waals surface area (Å²) in [5.41, 5.74) is 0.414. The number of rotatable bonds is 8. The van der Waals surface area contributed by atoms with Crippen LogP contribution in [0.2, 0.25) is 0 Å². The molecule has 0 radical (unpaired) electrons. The lowest BCUT2D eigenvalue weighted by atomic mass is 9.69. The summed E-state index contributed by atoms with van der Waals surface area (Å²) in [5.74, 6) is 1.81. The van der Waals surface area contributed by atoms with E-state index in [1.165, 1.54) is 57.8 Å². The molecule has 3 rings (SSSR count). The van der Waals surface area contributed by atoms with Gasteiger partial charge in [0.15, 0.2) is 0 Å². The van der Waals surface area contributed by atoms with Crippen LogP contribution in [0.3, 0.4) is 0 Å². The fourth-order valence-electron chi connectivity index (χ4n) is 4.70. The maximum atomic E-state index is 6.22. The summed E-state index contributed by atoms with van der Waals surface area (Å²) in [7, 11) is 1.78. The third kappa shape index (κ3) is 4.00. The minimum Gasteiger partial charge on any atom is -0.383 e. The average Bonchev–Trinajstić information content (AvgIpc) is 3.27. The molecule has 3 heteroatoms. The molecule has 2 atom stereocenters. The van der Waals surface area contributed by atoms with Crippen LogP contribution in [0, 0.1) is 17.3 Å². The van der Waals surface area contributed by atoms with Crippen molar-refractivity contribution in [1.29, 1.82) is 0 Å². The molecule has 0 aromatic heterocycles. The zero-order valence-electron chi connectivity index (χ0n) is 13.7. The van der Waals surface area contributed by atoms with Crippen LogP contribution < -0.4 is 5.32 Å². The molecule has 0 bridgehead atoms. The molecule has 3 nitrogen and oxygen atoms in total. The van der Waals surface area contributed by atoms with Gasteiger partial charge in [0.05, 0.1) is 12.7 Å². The predicted molar refractivity (Wildman–Crippen MR) is 85.5 cm³/mol. The smallest absolute Gasteiger partial charge is 0.0672 e. The normalized spacial score (nSPS) is 34.4. The number of nitrogens with one attached hydrogen (secondary N) is 1. The Kier molecular flexibility index (Phi) is 5.58. The summed E-state index contributed by atoms with van der Waals surface area (Å²) in [5, 5.41) is 3.67. The summed E-state index contributed by atoms with van der Waals surface area (Å²) in [6.07, 6.45) is 13.3. The molecule has 2 aliphatic carbocycles. The SMILES string of the molecule is COCCNCC1(CC2CCCCC2)CCOC1C1CC1. The van der Waals surface area contributed by atoms with Crippen LogP contribution in [-0.2, 0) is 9.47 Å². The van der Waals surface area contributed by atoms with Gasteiger partial charge < -0.3 is 14.8 Å². The van der Waals surface area contributed by atoms with Crippen LogP contribution in [0.25, 0.3) is 0 Å². The number of ether oxygens (including phenoxy) is 2. The highest BCUT2D eigenvalue weighted by Crippen LogP contribution is 2.51. The van der Waals surface area contributed by atoms with Crippen molar-refractivity contribution in [3.8, 4) is 0 Å². The summed E-state index contributed by atoms with van der Waals surface area (Å²) in [4.78, 5) is 0. The molecule has 3 aliphatic rings. The van der Waals surface area contributed by atoms with Gasteiger partial charge in [-0.3, -0.25) is 0 Å². The molecule has 21 heavy (non-hydrogen) atoms. The van der Waals surface area contributed by atoms with Crippen LogP contribution in [0.4, 0.5) is 0 Å². The van der Waals surface area contributed by atoms with Crippen LogP contribution in [0.5, 0.6) is 0 Å². The van der Waals surface area contributed by atoms with E-state index in [4.69, 9.17) is 9.47 Å². The molecule has 122 valence electrons. The first-order valence-electron chi connectivity index (χ1n) is 9.15. The molecule has 1 aliphatic heterocycles. The van der Waals surface area contributed by atoms with Gasteiger partial charge in [0.25, 0.3) is 0 Å². The molecule has 2 unspecified atom stereocenters. The molecule has 0 aromatic rings. The van der Waals surface area contributed by atoms with E-state index in [0.29, 0.717) is 11.5 Å². The molecular formula is C18H33NO2. The average molecular weight is 295 g/mol. The van der Waals surface area contributed by atoms with Crippen molar-refractivity contribution in [1.82, 2.24) is 5.32 Å². The molecule has 1 saturated heterocycles. The Morgan fingerprint density at radius 1 is 1.14 bits per heavy atom. The lowest BCUT2D eigenvalue weighted by Crippen LogP contribution is -2.44. The van der Waals surface area contributed by atoms with Gasteiger partial charge in [0.2, 0.25) is 0 Å². The first kappa shape index (κ1) is 15.8. The number of hydrogen-bond donors (Lipinski definition) is 1. The molecule has 2 saturated carbocycles. The summed E-state index contributed by atoms with van der Waals surface area (Å²) >= 11 is 0. The van der Waals surface area contributed by atoms with Gasteiger partial charge in [-0.1, -0.05) is 32.1 Å². The predicted octanol–water partition coefficient (Wildman–Crippen LogP) is 3.38. The van der Waals surface area contributed by atoms with E-state index < -0.39 is 0 Å². The Bertz CT molecular complexity index is 312. The first-order chi connectivity index (χ1) is 10.3. The minimum absolute atomic E-state index is 0.414. The van der Waals surface area contributed by atoms with Gasteiger partial charge in [-0.25, -0.2) is 0 Å². The second-order valence-electron chi connectivity index (χ2n) is 7.62. The fraction of sp³-hybridized carbons (Fsp3) is 1.00. The maximum absolute atomic E-state index is 6.22. The lowest BCUT2D eigenvalue weighted by Gasteiger charge is -2.39. The van der Waals surface area contributed by atoms with Crippen molar-refractivity contribution in [3.63, 3.8) is 0 Å². The lowest BCUT2D eigenvalue weighted by molar-refractivity contribution is 0.0148. The first-order valence-corrected chi connectivity index (χ1v) is 9.15. The number of methoxy groups -OCH3 is 1. The summed E-state index contributed by atoms with van der Waals surface area (Å²) < 4.78 is 11.4. The van der Waals surface area contributed by atoms with E-state index in [0.717, 1.165) is 38.1 Å². The topological polar surface area (TPSA) is 30.5 Å². The summed E-state index contributed by atoms with van der Waals surface area (Å²) in [6.45, 7) is 3.91. The molecule has 3 fully saturated rings. The number of hydrogen-bond acceptors (Lipinski definition) is 3. The largest absolute Gasteiger partial charge is 0.383 e. The monoisotopic (exact) mass is 295 g/mol. The van der Waals surface area contributed by atoms with Crippen LogP contribution >= 0.6 is 0 Å². The molecular weight excluding hydrogens is 262 g/mol. The molecule has 0 spiro atoms. The van der Waals surface area contributed by atoms with Gasteiger partial charge in [-0.05, 0) is 37.5 Å². The van der Waals surface area contributed by atoms with E-state index in [2.05, 4.69) is 5.32 Å². The zero-order valence-corrected chi connectivity index (χ0v) is 13.7. The molecule has 0 aromatic carbocycles. The Morgan fingerprint density at radius 3 is 2.67 bits per heavy atom. The molecule has 0 amide bonds. The van der Waals surface area contributed by atoms with E-state index in [1.54, 1.807) is 7.11 Å². The Labute approximate surface area is 130 Å². The fourth-order valence-corrected chi connectivity index (χ4v) is 4.70. The van der Waals surface area contributed by atoms with Gasteiger partial charge in [0.1, 0.15) is 0 Å². The Balaban J connectivity index is 1.61. The van der Waals surface area contributed by atoms with Crippen molar-refractivity contribution in [2.24, 2.45) is 17.3 Å². The van der Waals surface area contributed by atoms with Crippen LogP contribution in [-0.4, -0.2) is 39.5 Å². The van der Waals surface area contributed by atoms with Crippen molar-refractivity contribution in [2.45, 2.75) is 63.9 Å². The highest BCUT2D eigenvalue weighted by molar-refractivity contribution is 5.01. The van der Waals surface area contributed by atoms with Crippen LogP contribution in [0.15, 0.2) is 0 Å². The van der Waals surface area contributed by atoms with Gasteiger partial charge in [-0.2, -0.15) is 0 Å². The zero-order chi connectivity index (χ0) is 14.5. The highest BCUT2D eigenvalue weighted by Gasteiger charge is 2.51. The van der Waals surface area contributed by atoms with Gasteiger partial charge in [0, 0.05) is 32.2 Å². The molecule has 1 N–H and O–H groups in total. The van der Waals surface area contributed by atoms with Gasteiger partial charge >= 0.3 is 0 Å². The van der Waals surface area contributed by atoms with Crippen molar-refractivity contribution in [3.05, 3.63) is 0 Å². The minimum atomic E-state index is 0.414. The highest BCUT2D eigenvalue weighted by atomic mass is 16.5. The maximum Gasteiger partial charge on any atom is 0.0672 e. The van der Waals surface area contributed by atoms with Crippen LogP contribution in [0.1, 0.15) is 57.8 Å². The van der Waals surface area contributed by atoms with E-state index in [1.807, 2.05) is 0 Å². The standard InChI is InChI=1S/C18H33NO2/c1-20-12-10-19-14-18(13-15-5-3-2-4-6-15)9-11-21-17(18)16-7-8-16/h15-17,19H,2-14H2,1H3. The summed E-state index contributed by atoms with van der Waals surface area (Å²) in [6, 6.07) is 0. The van der Waals surface area contributed by atoms with E-state index in [9.17, 15) is 0 Å². The third-order valence-electron chi connectivity index (χ3n) is 5.93. The quantitative estimate of drug-likeness (QED) is 0.696. The van der Waals surface area contributed by atoms with Crippen molar-refractivity contribution < 1.29 is 9.47 Å². The van der Waals surface area contributed by atoms with Gasteiger partial charge in [-0.15, -0.1) is 0 Å². The Hall–Kier alpha value is -0.120. The van der Waals surface area contributed by atoms with Crippen molar-refractivity contribution >= 4 is 0 Å². The van der Waals surface area contributed by atoms with E-state index in [-0.39, 0.29) is 0 Å². The molecule has 1 heterocycles. The van der Waals surface area contributed by atoms with Crippen molar-refractivity contribution in [2.75, 3.05) is 33.4 Å². The van der Waals surface area contributed by atoms with E-state index >= 15 is 0 Å². The third-order valence-corrected chi connectivity index (χ3v) is 5.93.